The quantitative estimate of drug-likeness (QED) is 0.847. The Morgan fingerprint density at radius 1 is 1.39 bits per heavy atom. The number of halogens is 3. The Labute approximate surface area is 102 Å². The molecule has 0 saturated heterocycles. The lowest BCUT2D eigenvalue weighted by Crippen LogP contribution is -2.29. The van der Waals surface area contributed by atoms with Crippen LogP contribution in [0, 0.1) is 6.92 Å². The average molecular weight is 263 g/mol. The monoisotopic (exact) mass is 263 g/mol. The van der Waals surface area contributed by atoms with E-state index in [1.54, 1.807) is 24.5 Å². The van der Waals surface area contributed by atoms with Gasteiger partial charge in [0.15, 0.2) is 6.61 Å². The number of nitrogens with one attached hydrogen (secondary N) is 1. The van der Waals surface area contributed by atoms with Crippen molar-refractivity contribution in [2.24, 2.45) is 0 Å². The Kier molecular flexibility index (Phi) is 4.55. The maximum absolute atomic E-state index is 11.8. The highest BCUT2D eigenvalue weighted by Crippen LogP contribution is 2.19. The van der Waals surface area contributed by atoms with Gasteiger partial charge >= 0.3 is 6.18 Å². The first-order valence-corrected chi connectivity index (χ1v) is 4.97. The van der Waals surface area contributed by atoms with Crippen LogP contribution in [0.2, 0.25) is 0 Å². The van der Waals surface area contributed by atoms with E-state index in [0.29, 0.717) is 0 Å². The van der Waals surface area contributed by atoms with Gasteiger partial charge in [-0.2, -0.15) is 13.2 Å². The zero-order chi connectivity index (χ0) is 13.8. The van der Waals surface area contributed by atoms with Gasteiger partial charge in [0, 0.05) is 0 Å². The molecule has 100 valence electrons. The maximum Gasteiger partial charge on any atom is 0.414 e. The molecule has 0 aromatic heterocycles. The minimum absolute atomic E-state index is 0.111. The van der Waals surface area contributed by atoms with Crippen molar-refractivity contribution in [3.8, 4) is 5.75 Å². The first-order chi connectivity index (χ1) is 8.33. The van der Waals surface area contributed by atoms with Crippen LogP contribution in [0.25, 0.3) is 0 Å². The van der Waals surface area contributed by atoms with E-state index in [9.17, 15) is 18.0 Å². The van der Waals surface area contributed by atoms with Crippen LogP contribution in [0.15, 0.2) is 18.2 Å². The van der Waals surface area contributed by atoms with Crippen LogP contribution in [0.4, 0.5) is 13.2 Å². The number of hydrogen-bond donors (Lipinski definition) is 1. The van der Waals surface area contributed by atoms with E-state index in [0.717, 1.165) is 5.56 Å². The number of methoxy groups -OCH3 is 1. The Bertz CT molecular complexity index is 432. The van der Waals surface area contributed by atoms with Crippen molar-refractivity contribution < 1.29 is 27.5 Å². The Hall–Kier alpha value is -1.76. The van der Waals surface area contributed by atoms with E-state index in [1.807, 2.05) is 0 Å². The molecule has 0 spiro atoms. The first kappa shape index (κ1) is 14.3. The number of ether oxygens (including phenoxy) is 1. The van der Waals surface area contributed by atoms with Crippen molar-refractivity contribution in [3.05, 3.63) is 29.3 Å². The number of hydrogen-bond acceptors (Lipinski definition) is 3. The molecule has 0 bridgehead atoms. The fourth-order valence-electron chi connectivity index (χ4n) is 1.24. The maximum atomic E-state index is 11.8. The van der Waals surface area contributed by atoms with Crippen LogP contribution in [-0.4, -0.2) is 25.8 Å². The molecule has 0 aliphatic carbocycles. The number of carbonyl (C=O) groups is 1. The Balaban J connectivity index is 2.69. The van der Waals surface area contributed by atoms with Crippen LogP contribution in [0.3, 0.4) is 0 Å². The number of hydroxylamine groups is 1. The van der Waals surface area contributed by atoms with Gasteiger partial charge < -0.3 is 4.74 Å². The summed E-state index contributed by atoms with van der Waals surface area (Å²) in [7, 11) is 1.36. The van der Waals surface area contributed by atoms with Crippen LogP contribution in [0.5, 0.6) is 5.75 Å². The molecule has 1 aromatic carbocycles. The standard InChI is InChI=1S/C11H12F3NO3/c1-7-3-4-9(17-2)8(5-7)10(16)15-18-6-11(12,13)14/h3-5H,6H2,1-2H3,(H,15,16). The fraction of sp³-hybridized carbons (Fsp3) is 0.364. The van der Waals surface area contributed by atoms with Crippen LogP contribution in [-0.2, 0) is 4.84 Å². The third-order valence-electron chi connectivity index (χ3n) is 2.00. The second-order valence-corrected chi connectivity index (χ2v) is 3.54. The number of alkyl halides is 3. The highest BCUT2D eigenvalue weighted by molar-refractivity contribution is 5.96. The average Bonchev–Trinajstić information content (AvgIpc) is 2.27. The molecule has 0 aliphatic heterocycles. The molecule has 1 rings (SSSR count). The van der Waals surface area contributed by atoms with Gasteiger partial charge in [0.1, 0.15) is 5.75 Å². The van der Waals surface area contributed by atoms with Crippen molar-refractivity contribution in [1.29, 1.82) is 0 Å². The molecule has 0 radical (unpaired) electrons. The summed E-state index contributed by atoms with van der Waals surface area (Å²) in [5, 5.41) is 0. The predicted molar refractivity (Wildman–Crippen MR) is 57.2 cm³/mol. The normalized spacial score (nSPS) is 11.2. The van der Waals surface area contributed by atoms with E-state index in [2.05, 4.69) is 4.84 Å². The van der Waals surface area contributed by atoms with Crippen LogP contribution < -0.4 is 10.2 Å². The third kappa shape index (κ3) is 4.25. The smallest absolute Gasteiger partial charge is 0.414 e. The molecule has 4 nitrogen and oxygen atoms in total. The molecule has 0 heterocycles. The van der Waals surface area contributed by atoms with Crippen molar-refractivity contribution in [2.45, 2.75) is 13.1 Å². The SMILES string of the molecule is COc1ccc(C)cc1C(=O)NOCC(F)(F)F. The van der Waals surface area contributed by atoms with Crippen molar-refractivity contribution in [3.63, 3.8) is 0 Å². The van der Waals surface area contributed by atoms with Crippen molar-refractivity contribution >= 4 is 5.91 Å². The number of rotatable bonds is 4. The molecule has 7 heteroatoms. The molecule has 0 atom stereocenters. The number of carbonyl (C=O) groups excluding carboxylic acids is 1. The topological polar surface area (TPSA) is 47.6 Å². The molecular weight excluding hydrogens is 251 g/mol. The van der Waals surface area contributed by atoms with E-state index in [-0.39, 0.29) is 11.3 Å². The van der Waals surface area contributed by atoms with Gasteiger partial charge in [0.25, 0.3) is 5.91 Å². The lowest BCUT2D eigenvalue weighted by molar-refractivity contribution is -0.184. The lowest BCUT2D eigenvalue weighted by Gasteiger charge is -2.11. The Morgan fingerprint density at radius 2 is 2.06 bits per heavy atom. The zero-order valence-electron chi connectivity index (χ0n) is 9.80. The highest BCUT2D eigenvalue weighted by atomic mass is 19.4. The van der Waals surface area contributed by atoms with E-state index < -0.39 is 18.7 Å². The Morgan fingerprint density at radius 3 is 2.61 bits per heavy atom. The minimum Gasteiger partial charge on any atom is -0.496 e. The first-order valence-electron chi connectivity index (χ1n) is 4.97. The third-order valence-corrected chi connectivity index (χ3v) is 2.00. The zero-order valence-corrected chi connectivity index (χ0v) is 9.80. The van der Waals surface area contributed by atoms with E-state index in [4.69, 9.17) is 4.74 Å². The molecule has 0 saturated carbocycles. The number of aryl methyl sites for hydroxylation is 1. The van der Waals surface area contributed by atoms with Crippen LogP contribution in [0.1, 0.15) is 15.9 Å². The molecule has 18 heavy (non-hydrogen) atoms. The van der Waals surface area contributed by atoms with Gasteiger partial charge in [-0.3, -0.25) is 9.63 Å². The predicted octanol–water partition coefficient (Wildman–Crippen LogP) is 2.23. The molecule has 1 aromatic rings. The molecular formula is C11H12F3NO3. The number of amides is 1. The fourth-order valence-corrected chi connectivity index (χ4v) is 1.24. The van der Waals surface area contributed by atoms with Gasteiger partial charge in [-0.15, -0.1) is 0 Å². The molecule has 0 unspecified atom stereocenters. The number of benzene rings is 1. The van der Waals surface area contributed by atoms with Gasteiger partial charge in [0.2, 0.25) is 0 Å². The second kappa shape index (κ2) is 5.72. The summed E-state index contributed by atoms with van der Waals surface area (Å²) in [6.07, 6.45) is -4.50. The largest absolute Gasteiger partial charge is 0.496 e. The second-order valence-electron chi connectivity index (χ2n) is 3.54. The molecule has 0 fully saturated rings. The van der Waals surface area contributed by atoms with Crippen LogP contribution >= 0.6 is 0 Å². The summed E-state index contributed by atoms with van der Waals surface area (Å²) in [5.74, 6) is -0.534. The highest BCUT2D eigenvalue weighted by Gasteiger charge is 2.28. The van der Waals surface area contributed by atoms with Gasteiger partial charge in [-0.05, 0) is 19.1 Å². The van der Waals surface area contributed by atoms with E-state index in [1.165, 1.54) is 13.2 Å². The van der Waals surface area contributed by atoms with Crippen molar-refractivity contribution in [1.82, 2.24) is 5.48 Å². The molecule has 1 amide bonds. The van der Waals surface area contributed by atoms with Gasteiger partial charge in [-0.25, -0.2) is 5.48 Å². The van der Waals surface area contributed by atoms with Crippen molar-refractivity contribution in [2.75, 3.05) is 13.7 Å². The van der Waals surface area contributed by atoms with Gasteiger partial charge in [0.05, 0.1) is 12.7 Å². The summed E-state index contributed by atoms with van der Waals surface area (Å²) in [6.45, 7) is 0.194. The van der Waals surface area contributed by atoms with E-state index >= 15 is 0 Å². The summed E-state index contributed by atoms with van der Waals surface area (Å²) in [6, 6.07) is 4.76. The molecule has 0 aliphatic rings. The summed E-state index contributed by atoms with van der Waals surface area (Å²) in [5.41, 5.74) is 2.60. The lowest BCUT2D eigenvalue weighted by atomic mass is 10.1. The summed E-state index contributed by atoms with van der Waals surface area (Å²) in [4.78, 5) is 15.7. The minimum atomic E-state index is -4.50. The summed E-state index contributed by atoms with van der Waals surface area (Å²) >= 11 is 0. The van der Waals surface area contributed by atoms with Gasteiger partial charge in [-0.1, -0.05) is 11.6 Å². The molecule has 1 N–H and O–H groups in total. The summed E-state index contributed by atoms with van der Waals surface area (Å²) < 4.78 is 40.4.